The third-order valence-corrected chi connectivity index (χ3v) is 3.40. The molecule has 0 radical (unpaired) electrons. The van der Waals surface area contributed by atoms with Crippen molar-refractivity contribution in [1.29, 1.82) is 0 Å². The highest BCUT2D eigenvalue weighted by molar-refractivity contribution is 8.00. The average molecular weight is 239 g/mol. The molecule has 0 aliphatic rings. The van der Waals surface area contributed by atoms with Crippen LogP contribution in [-0.4, -0.2) is 35.7 Å². The molecule has 0 aliphatic carbocycles. The van der Waals surface area contributed by atoms with Crippen molar-refractivity contribution >= 4 is 23.4 Å². The van der Waals surface area contributed by atoms with Gasteiger partial charge in [-0.2, -0.15) is 0 Å². The van der Waals surface area contributed by atoms with E-state index >= 15 is 0 Å². The van der Waals surface area contributed by atoms with Crippen LogP contribution in [-0.2, 0) is 4.79 Å². The number of amides is 1. The molecular formula is C12H17NO2S. The van der Waals surface area contributed by atoms with Gasteiger partial charge in [-0.15, -0.1) is 11.8 Å². The zero-order valence-electron chi connectivity index (χ0n) is 9.59. The molecule has 1 amide bonds. The van der Waals surface area contributed by atoms with Gasteiger partial charge in [0.1, 0.15) is 0 Å². The Kier molecular flexibility index (Phi) is 5.35. The van der Waals surface area contributed by atoms with Gasteiger partial charge in [0, 0.05) is 18.0 Å². The van der Waals surface area contributed by atoms with E-state index in [-0.39, 0.29) is 17.8 Å². The fraction of sp³-hybridized carbons (Fsp3) is 0.417. The van der Waals surface area contributed by atoms with E-state index in [1.165, 1.54) is 11.8 Å². The molecule has 0 unspecified atom stereocenters. The molecule has 1 rings (SSSR count). The second-order valence-electron chi connectivity index (χ2n) is 3.59. The quantitative estimate of drug-likeness (QED) is 0.851. The van der Waals surface area contributed by atoms with Crippen LogP contribution in [0.25, 0.3) is 0 Å². The molecule has 16 heavy (non-hydrogen) atoms. The first-order valence-electron chi connectivity index (χ1n) is 5.19. The highest BCUT2D eigenvalue weighted by Gasteiger charge is 2.12. The number of carbonyl (C=O) groups is 1. The van der Waals surface area contributed by atoms with Gasteiger partial charge in [0.15, 0.2) is 0 Å². The summed E-state index contributed by atoms with van der Waals surface area (Å²) in [6.07, 6.45) is 0. The summed E-state index contributed by atoms with van der Waals surface area (Å²) in [7, 11) is 1.77. The minimum atomic E-state index is 0.0523. The van der Waals surface area contributed by atoms with E-state index in [1.807, 2.05) is 37.3 Å². The normalized spacial score (nSPS) is 12.2. The summed E-state index contributed by atoms with van der Waals surface area (Å²) in [5.74, 6) is 0.448. The van der Waals surface area contributed by atoms with Crippen LogP contribution in [0.5, 0.6) is 0 Å². The molecule has 0 bridgehead atoms. The number of carbonyl (C=O) groups excluding carboxylic acids is 1. The number of thioether (sulfide) groups is 1. The van der Waals surface area contributed by atoms with Crippen molar-refractivity contribution < 1.29 is 9.90 Å². The van der Waals surface area contributed by atoms with E-state index in [0.29, 0.717) is 5.75 Å². The number of para-hydroxylation sites is 1. The Labute approximate surface area is 100 Å². The van der Waals surface area contributed by atoms with Crippen molar-refractivity contribution in [2.45, 2.75) is 12.2 Å². The molecule has 0 saturated heterocycles. The minimum absolute atomic E-state index is 0.0523. The Morgan fingerprint density at radius 2 is 2.06 bits per heavy atom. The number of aliphatic hydroxyl groups excluding tert-OH is 1. The summed E-state index contributed by atoms with van der Waals surface area (Å²) in [5.41, 5.74) is 0.893. The highest BCUT2D eigenvalue weighted by atomic mass is 32.2. The zero-order valence-corrected chi connectivity index (χ0v) is 10.4. The molecule has 0 spiro atoms. The Morgan fingerprint density at radius 1 is 1.44 bits per heavy atom. The van der Waals surface area contributed by atoms with E-state index in [2.05, 4.69) is 0 Å². The number of nitrogens with zero attached hydrogens (tertiary/aromatic N) is 1. The van der Waals surface area contributed by atoms with E-state index < -0.39 is 0 Å². The van der Waals surface area contributed by atoms with Crippen LogP contribution < -0.4 is 4.90 Å². The van der Waals surface area contributed by atoms with Gasteiger partial charge in [-0.3, -0.25) is 4.79 Å². The summed E-state index contributed by atoms with van der Waals surface area (Å²) in [5, 5.41) is 8.96. The Morgan fingerprint density at radius 3 is 2.62 bits per heavy atom. The smallest absolute Gasteiger partial charge is 0.236 e. The van der Waals surface area contributed by atoms with Gasteiger partial charge in [-0.05, 0) is 12.1 Å². The molecule has 0 aliphatic heterocycles. The molecule has 1 atom stereocenters. The second-order valence-corrected chi connectivity index (χ2v) is 5.02. The molecule has 88 valence electrons. The topological polar surface area (TPSA) is 40.5 Å². The van der Waals surface area contributed by atoms with Crippen molar-refractivity contribution in [3.05, 3.63) is 30.3 Å². The molecular weight excluding hydrogens is 222 g/mol. The van der Waals surface area contributed by atoms with E-state index in [0.717, 1.165) is 5.69 Å². The van der Waals surface area contributed by atoms with E-state index in [9.17, 15) is 4.79 Å². The first kappa shape index (κ1) is 13.1. The number of hydrogen-bond donors (Lipinski definition) is 1. The van der Waals surface area contributed by atoms with Gasteiger partial charge >= 0.3 is 0 Å². The summed E-state index contributed by atoms with van der Waals surface area (Å²) in [6.45, 7) is 2.01. The average Bonchev–Trinajstić information content (AvgIpc) is 2.35. The van der Waals surface area contributed by atoms with Crippen LogP contribution in [0, 0.1) is 0 Å². The van der Waals surface area contributed by atoms with E-state index in [4.69, 9.17) is 5.11 Å². The number of hydrogen-bond acceptors (Lipinski definition) is 3. The van der Waals surface area contributed by atoms with Crippen LogP contribution in [0.4, 0.5) is 5.69 Å². The predicted molar refractivity (Wildman–Crippen MR) is 68.9 cm³/mol. The first-order chi connectivity index (χ1) is 7.65. The summed E-state index contributed by atoms with van der Waals surface area (Å²) in [4.78, 5) is 13.4. The lowest BCUT2D eigenvalue weighted by Crippen LogP contribution is -2.28. The number of anilines is 1. The van der Waals surface area contributed by atoms with E-state index in [1.54, 1.807) is 11.9 Å². The summed E-state index contributed by atoms with van der Waals surface area (Å²) in [6, 6.07) is 9.53. The molecule has 0 heterocycles. The van der Waals surface area contributed by atoms with Crippen LogP contribution in [0.15, 0.2) is 30.3 Å². The number of rotatable bonds is 5. The minimum Gasteiger partial charge on any atom is -0.395 e. The first-order valence-corrected chi connectivity index (χ1v) is 6.24. The van der Waals surface area contributed by atoms with Gasteiger partial charge in [0.05, 0.1) is 12.4 Å². The lowest BCUT2D eigenvalue weighted by atomic mass is 10.3. The third-order valence-electron chi connectivity index (χ3n) is 2.27. The molecule has 1 aromatic carbocycles. The van der Waals surface area contributed by atoms with Gasteiger partial charge in [0.25, 0.3) is 0 Å². The SMILES string of the molecule is C[C@@H](CO)SCC(=O)N(C)c1ccccc1. The molecule has 1 N–H and O–H groups in total. The van der Waals surface area contributed by atoms with Gasteiger partial charge in [-0.25, -0.2) is 0 Å². The highest BCUT2D eigenvalue weighted by Crippen LogP contribution is 2.15. The Bertz CT molecular complexity index is 329. The molecule has 1 aromatic rings. The lowest BCUT2D eigenvalue weighted by molar-refractivity contribution is -0.115. The van der Waals surface area contributed by atoms with Gasteiger partial charge in [-0.1, -0.05) is 25.1 Å². The molecule has 0 fully saturated rings. The summed E-state index contributed by atoms with van der Waals surface area (Å²) < 4.78 is 0. The van der Waals surface area contributed by atoms with Crippen molar-refractivity contribution in [2.75, 3.05) is 24.3 Å². The lowest BCUT2D eigenvalue weighted by Gasteiger charge is -2.17. The largest absolute Gasteiger partial charge is 0.395 e. The fourth-order valence-corrected chi connectivity index (χ4v) is 1.88. The third kappa shape index (κ3) is 3.87. The zero-order chi connectivity index (χ0) is 12.0. The van der Waals surface area contributed by atoms with Crippen molar-refractivity contribution in [1.82, 2.24) is 0 Å². The van der Waals surface area contributed by atoms with Crippen molar-refractivity contribution in [2.24, 2.45) is 0 Å². The maximum atomic E-state index is 11.8. The maximum Gasteiger partial charge on any atom is 0.236 e. The Hall–Kier alpha value is -1.00. The maximum absolute atomic E-state index is 11.8. The Balaban J connectivity index is 2.49. The molecule has 0 saturated carbocycles. The molecule has 4 heteroatoms. The van der Waals surface area contributed by atoms with Crippen LogP contribution >= 0.6 is 11.8 Å². The van der Waals surface area contributed by atoms with Gasteiger partial charge in [0.2, 0.25) is 5.91 Å². The van der Waals surface area contributed by atoms with Crippen LogP contribution in [0.1, 0.15) is 6.92 Å². The second kappa shape index (κ2) is 6.55. The fourth-order valence-electron chi connectivity index (χ4n) is 1.16. The molecule has 0 aromatic heterocycles. The monoisotopic (exact) mass is 239 g/mol. The number of benzene rings is 1. The standard InChI is InChI=1S/C12H17NO2S/c1-10(8-14)16-9-12(15)13(2)11-6-4-3-5-7-11/h3-7,10,14H,8-9H2,1-2H3/t10-/m0/s1. The number of aliphatic hydroxyl groups is 1. The van der Waals surface area contributed by atoms with Crippen molar-refractivity contribution in [3.63, 3.8) is 0 Å². The van der Waals surface area contributed by atoms with Crippen molar-refractivity contribution in [3.8, 4) is 0 Å². The van der Waals surface area contributed by atoms with Gasteiger partial charge < -0.3 is 10.0 Å². The summed E-state index contributed by atoms with van der Waals surface area (Å²) >= 11 is 1.47. The molecule has 3 nitrogen and oxygen atoms in total. The predicted octanol–water partition coefficient (Wildman–Crippen LogP) is 1.76. The van der Waals surface area contributed by atoms with Crippen LogP contribution in [0.3, 0.4) is 0 Å². The van der Waals surface area contributed by atoms with Crippen LogP contribution in [0.2, 0.25) is 0 Å².